The van der Waals surface area contributed by atoms with Gasteiger partial charge in [0.15, 0.2) is 0 Å². The van der Waals surface area contributed by atoms with E-state index < -0.39 is 0 Å². The Bertz CT molecular complexity index is 4290. The highest BCUT2D eigenvalue weighted by Gasteiger charge is 2.27. The van der Waals surface area contributed by atoms with Gasteiger partial charge in [-0.3, -0.25) is 0 Å². The maximum absolute atomic E-state index is 2.63. The summed E-state index contributed by atoms with van der Waals surface area (Å²) < 4.78 is 7.56. The van der Waals surface area contributed by atoms with Gasteiger partial charge in [-0.25, -0.2) is 0 Å². The van der Waals surface area contributed by atoms with Gasteiger partial charge in [0, 0.05) is 65.1 Å². The van der Waals surface area contributed by atoms with Gasteiger partial charge in [-0.15, -0.1) is 0 Å². The van der Waals surface area contributed by atoms with Crippen molar-refractivity contribution in [1.82, 2.24) is 13.4 Å². The molecule has 0 N–H and O–H groups in total. The predicted molar refractivity (Wildman–Crippen MR) is 251 cm³/mol. The molecule has 15 aromatic rings. The summed E-state index contributed by atoms with van der Waals surface area (Å²) in [5, 5.41) is 18.1. The smallest absolute Gasteiger partial charge is 0.0627 e. The van der Waals surface area contributed by atoms with Crippen LogP contribution in [0.5, 0.6) is 0 Å². The second-order valence-electron chi connectivity index (χ2n) is 16.4. The van der Waals surface area contributed by atoms with E-state index in [-0.39, 0.29) is 0 Å². The fourth-order valence-corrected chi connectivity index (χ4v) is 11.4. The standard InChI is InChI=1S/C56H31N3/c1-2-15-35(16-3-1)57-45-23-10-9-20-39(45)42-31-34(25-26-47(42)57)50-36-17-6-4-13-32(36)29-43-51-37-18-7-5-14-33(37)30-44-53-49(59(55(43)50)56(44)51)28-27-48-52(53)41-22-12-21-40-38-19-8-11-24-46(38)58(48)54(40)41/h1-31H. The van der Waals surface area contributed by atoms with Crippen molar-refractivity contribution in [2.45, 2.75) is 0 Å². The van der Waals surface area contributed by atoms with E-state index in [1.54, 1.807) is 0 Å². The highest BCUT2D eigenvalue weighted by molar-refractivity contribution is 6.39. The van der Waals surface area contributed by atoms with Gasteiger partial charge < -0.3 is 13.4 Å². The Morgan fingerprint density at radius 3 is 1.64 bits per heavy atom. The number of nitrogens with zero attached hydrogens (tertiary/aromatic N) is 3. The average Bonchev–Trinajstić information content (AvgIpc) is 4.08. The Morgan fingerprint density at radius 1 is 0.271 bits per heavy atom. The van der Waals surface area contributed by atoms with Crippen LogP contribution in [0.2, 0.25) is 0 Å². The topological polar surface area (TPSA) is 13.8 Å². The quantitative estimate of drug-likeness (QED) is 0.167. The van der Waals surface area contributed by atoms with Gasteiger partial charge in [0.2, 0.25) is 0 Å². The minimum absolute atomic E-state index is 1.17. The molecule has 0 aliphatic heterocycles. The molecule has 15 rings (SSSR count). The second-order valence-corrected chi connectivity index (χ2v) is 16.4. The molecule has 0 radical (unpaired) electrons. The monoisotopic (exact) mass is 745 g/mol. The molecule has 0 spiro atoms. The number of fused-ring (bicyclic) bond motifs is 19. The van der Waals surface area contributed by atoms with Crippen molar-refractivity contribution in [3.05, 3.63) is 188 Å². The van der Waals surface area contributed by atoms with E-state index in [1.807, 2.05) is 0 Å². The molecule has 10 aromatic carbocycles. The van der Waals surface area contributed by atoms with Crippen molar-refractivity contribution in [1.29, 1.82) is 0 Å². The molecule has 0 bridgehead atoms. The second kappa shape index (κ2) is 10.5. The van der Waals surface area contributed by atoms with Crippen LogP contribution in [0.3, 0.4) is 0 Å². The SMILES string of the molecule is c1ccc(-n2c3ccccc3c3cc(-c4c5ccccc5cc5c6c7ccccc7cc7c8c9c%10cccc%11c%12ccccc%12n(c9ccc8n(c45)c76)c%11%10)ccc32)cc1. The molecular formula is C56H31N3. The maximum atomic E-state index is 2.63. The lowest BCUT2D eigenvalue weighted by atomic mass is 9.92. The molecule has 59 heavy (non-hydrogen) atoms. The summed E-state index contributed by atoms with van der Waals surface area (Å²) in [4.78, 5) is 0. The number of aromatic nitrogens is 3. The molecule has 5 heterocycles. The van der Waals surface area contributed by atoms with Gasteiger partial charge >= 0.3 is 0 Å². The van der Waals surface area contributed by atoms with E-state index in [0.717, 1.165) is 0 Å². The summed E-state index contributed by atoms with van der Waals surface area (Å²) in [7, 11) is 0. The molecule has 3 nitrogen and oxygen atoms in total. The first-order valence-corrected chi connectivity index (χ1v) is 20.5. The van der Waals surface area contributed by atoms with Crippen molar-refractivity contribution in [3.8, 4) is 16.8 Å². The van der Waals surface area contributed by atoms with Crippen LogP contribution < -0.4 is 0 Å². The molecule has 0 aliphatic rings. The van der Waals surface area contributed by atoms with E-state index in [1.165, 1.54) is 136 Å². The zero-order valence-corrected chi connectivity index (χ0v) is 31.7. The summed E-state index contributed by atoms with van der Waals surface area (Å²) in [6.45, 7) is 0. The summed E-state index contributed by atoms with van der Waals surface area (Å²) in [5.41, 5.74) is 13.7. The van der Waals surface area contributed by atoms with Crippen LogP contribution in [-0.4, -0.2) is 13.4 Å². The van der Waals surface area contributed by atoms with Crippen LogP contribution >= 0.6 is 0 Å². The number of para-hydroxylation sites is 4. The number of benzene rings is 10. The van der Waals surface area contributed by atoms with Gasteiger partial charge in [-0.1, -0.05) is 127 Å². The Morgan fingerprint density at radius 2 is 0.831 bits per heavy atom. The van der Waals surface area contributed by atoms with Crippen molar-refractivity contribution < 1.29 is 0 Å². The Balaban J connectivity index is 1.17. The summed E-state index contributed by atoms with van der Waals surface area (Å²) >= 11 is 0. The molecule has 0 amide bonds. The first kappa shape index (κ1) is 30.3. The molecule has 3 heteroatoms. The van der Waals surface area contributed by atoms with Crippen LogP contribution in [0, 0.1) is 0 Å². The van der Waals surface area contributed by atoms with Crippen LogP contribution in [0.25, 0.3) is 136 Å². The Kier molecular flexibility index (Phi) is 5.41. The third-order valence-electron chi connectivity index (χ3n) is 13.6. The number of hydrogen-bond donors (Lipinski definition) is 0. The van der Waals surface area contributed by atoms with E-state index >= 15 is 0 Å². The van der Waals surface area contributed by atoms with Crippen molar-refractivity contribution in [2.24, 2.45) is 0 Å². The van der Waals surface area contributed by atoms with Gasteiger partial charge in [0.1, 0.15) is 0 Å². The first-order valence-electron chi connectivity index (χ1n) is 20.5. The normalized spacial score (nSPS) is 12.7. The number of rotatable bonds is 2. The maximum Gasteiger partial charge on any atom is 0.0627 e. The lowest BCUT2D eigenvalue weighted by Gasteiger charge is -2.13. The average molecular weight is 746 g/mol. The van der Waals surface area contributed by atoms with E-state index in [0.29, 0.717) is 0 Å². The molecule has 0 aliphatic carbocycles. The molecule has 0 unspecified atom stereocenters. The fourth-order valence-electron chi connectivity index (χ4n) is 11.4. The minimum Gasteiger partial charge on any atom is -0.309 e. The van der Waals surface area contributed by atoms with Crippen molar-refractivity contribution in [2.75, 3.05) is 0 Å². The Labute approximate surface area is 336 Å². The lowest BCUT2D eigenvalue weighted by molar-refractivity contribution is 1.18. The van der Waals surface area contributed by atoms with Crippen LogP contribution in [0.15, 0.2) is 188 Å². The lowest BCUT2D eigenvalue weighted by Crippen LogP contribution is -1.93. The molecule has 270 valence electrons. The molecule has 0 fully saturated rings. The fraction of sp³-hybridized carbons (Fsp3) is 0. The van der Waals surface area contributed by atoms with E-state index in [4.69, 9.17) is 0 Å². The van der Waals surface area contributed by atoms with E-state index in [9.17, 15) is 0 Å². The molecule has 5 aromatic heterocycles. The zero-order chi connectivity index (χ0) is 38.1. The van der Waals surface area contributed by atoms with Crippen LogP contribution in [0.4, 0.5) is 0 Å². The van der Waals surface area contributed by atoms with Crippen molar-refractivity contribution in [3.63, 3.8) is 0 Å². The first-order chi connectivity index (χ1) is 29.3. The molecule has 0 saturated heterocycles. The molecule has 0 saturated carbocycles. The minimum atomic E-state index is 1.17. The Hall–Kier alpha value is -7.88. The van der Waals surface area contributed by atoms with Crippen LogP contribution in [0.1, 0.15) is 0 Å². The highest BCUT2D eigenvalue weighted by Crippen LogP contribution is 2.51. The van der Waals surface area contributed by atoms with Gasteiger partial charge in [0.25, 0.3) is 0 Å². The summed E-state index contributed by atoms with van der Waals surface area (Å²) in [6, 6.07) is 70.2. The third-order valence-corrected chi connectivity index (χ3v) is 13.6. The van der Waals surface area contributed by atoms with Gasteiger partial charge in [-0.2, -0.15) is 0 Å². The molecular weight excluding hydrogens is 715 g/mol. The van der Waals surface area contributed by atoms with Gasteiger partial charge in [-0.05, 0) is 87.8 Å². The largest absolute Gasteiger partial charge is 0.309 e. The zero-order valence-electron chi connectivity index (χ0n) is 31.7. The number of hydrogen-bond acceptors (Lipinski definition) is 0. The highest BCUT2D eigenvalue weighted by atomic mass is 15.0. The van der Waals surface area contributed by atoms with Crippen molar-refractivity contribution >= 4 is 120 Å². The van der Waals surface area contributed by atoms with E-state index in [2.05, 4.69) is 201 Å². The summed E-state index contributed by atoms with van der Waals surface area (Å²) in [5.74, 6) is 0. The predicted octanol–water partition coefficient (Wildman–Crippen LogP) is 15.1. The summed E-state index contributed by atoms with van der Waals surface area (Å²) in [6.07, 6.45) is 0. The van der Waals surface area contributed by atoms with Crippen LogP contribution in [-0.2, 0) is 0 Å². The third kappa shape index (κ3) is 3.58. The van der Waals surface area contributed by atoms with Gasteiger partial charge in [0.05, 0.1) is 44.1 Å². The molecule has 0 atom stereocenters.